The minimum Gasteiger partial charge on any atom is -0.488 e. The van der Waals surface area contributed by atoms with Crippen LogP contribution in [0.5, 0.6) is 5.75 Å². The normalized spacial score (nSPS) is 11.3. The van der Waals surface area contributed by atoms with Gasteiger partial charge >= 0.3 is 5.97 Å². The lowest BCUT2D eigenvalue weighted by atomic mass is 9.80. The maximum absolute atomic E-state index is 14.0. The number of hydrogen-bond donors (Lipinski definition) is 0. The zero-order valence-corrected chi connectivity index (χ0v) is 23.4. The molecule has 0 radical (unpaired) electrons. The van der Waals surface area contributed by atoms with E-state index in [1.807, 2.05) is 60.7 Å². The molecule has 41 heavy (non-hydrogen) atoms. The zero-order chi connectivity index (χ0) is 29.0. The third-order valence-corrected chi connectivity index (χ3v) is 7.38. The van der Waals surface area contributed by atoms with Crippen LogP contribution in [0.4, 0.5) is 4.39 Å². The number of ether oxygens (including phenoxy) is 2. The standard InChI is InChI=1S/C35H31FN2O3/c1-35(2,21-8-22-37)33-31(25-13-15-26(16-14-25)34(39)40-3)32-29(38(33)28-19-17-27(36)18-20-28)11-7-12-30(32)41-23-24-9-5-4-6-10-24/h4-7,9-20H,8,21,23H2,1-3H3. The summed E-state index contributed by atoms with van der Waals surface area (Å²) in [7, 11) is 1.36. The van der Waals surface area contributed by atoms with Gasteiger partial charge < -0.3 is 14.0 Å². The lowest BCUT2D eigenvalue weighted by Crippen LogP contribution is -2.22. The summed E-state index contributed by atoms with van der Waals surface area (Å²) >= 11 is 0. The Hall–Kier alpha value is -4.89. The summed E-state index contributed by atoms with van der Waals surface area (Å²) in [6, 6.07) is 32.0. The summed E-state index contributed by atoms with van der Waals surface area (Å²) < 4.78 is 27.6. The molecule has 5 aromatic rings. The Morgan fingerprint density at radius 2 is 1.63 bits per heavy atom. The SMILES string of the molecule is COC(=O)c1ccc(-c2c(C(C)(C)CCC#N)n(-c3ccc(F)cc3)c3cccc(OCc4ccccc4)c23)cc1. The van der Waals surface area contributed by atoms with E-state index in [-0.39, 0.29) is 5.82 Å². The van der Waals surface area contributed by atoms with Crippen LogP contribution in [-0.2, 0) is 16.8 Å². The highest BCUT2D eigenvalue weighted by Crippen LogP contribution is 2.47. The Morgan fingerprint density at radius 3 is 2.29 bits per heavy atom. The Kier molecular flexibility index (Phi) is 7.89. The van der Waals surface area contributed by atoms with Gasteiger partial charge in [-0.15, -0.1) is 0 Å². The molecule has 0 fully saturated rings. The van der Waals surface area contributed by atoms with Crippen LogP contribution >= 0.6 is 0 Å². The van der Waals surface area contributed by atoms with Gasteiger partial charge in [0.2, 0.25) is 0 Å². The van der Waals surface area contributed by atoms with Gasteiger partial charge in [-0.25, -0.2) is 9.18 Å². The van der Waals surface area contributed by atoms with Crippen LogP contribution < -0.4 is 4.74 Å². The molecular weight excluding hydrogens is 515 g/mol. The van der Waals surface area contributed by atoms with Gasteiger partial charge in [0.15, 0.2) is 0 Å². The summed E-state index contributed by atoms with van der Waals surface area (Å²) in [4.78, 5) is 12.2. The van der Waals surface area contributed by atoms with Crippen molar-refractivity contribution in [2.75, 3.05) is 7.11 Å². The number of rotatable bonds is 9. The summed E-state index contributed by atoms with van der Waals surface area (Å²) in [6.07, 6.45) is 0.977. The molecule has 5 rings (SSSR count). The zero-order valence-electron chi connectivity index (χ0n) is 23.4. The Morgan fingerprint density at radius 1 is 0.927 bits per heavy atom. The smallest absolute Gasteiger partial charge is 0.337 e. The minimum atomic E-state index is -0.462. The molecule has 0 N–H and O–H groups in total. The second-order valence-electron chi connectivity index (χ2n) is 10.6. The van der Waals surface area contributed by atoms with E-state index in [9.17, 15) is 14.4 Å². The van der Waals surface area contributed by atoms with Crippen LogP contribution in [0.25, 0.3) is 27.7 Å². The molecule has 0 aliphatic rings. The van der Waals surface area contributed by atoms with E-state index in [0.29, 0.717) is 30.8 Å². The van der Waals surface area contributed by atoms with E-state index in [1.165, 1.54) is 19.2 Å². The van der Waals surface area contributed by atoms with Crippen molar-refractivity contribution in [3.05, 3.63) is 120 Å². The van der Waals surface area contributed by atoms with E-state index in [1.54, 1.807) is 24.3 Å². The molecule has 206 valence electrons. The van der Waals surface area contributed by atoms with E-state index in [0.717, 1.165) is 39.0 Å². The average Bonchev–Trinajstić information content (AvgIpc) is 3.36. The van der Waals surface area contributed by atoms with Gasteiger partial charge in [-0.05, 0) is 66.1 Å². The Bertz CT molecular complexity index is 1710. The van der Waals surface area contributed by atoms with Crippen LogP contribution in [0.3, 0.4) is 0 Å². The number of carbonyl (C=O) groups excluding carboxylic acids is 1. The highest BCUT2D eigenvalue weighted by atomic mass is 19.1. The molecule has 0 spiro atoms. The molecule has 1 heterocycles. The molecule has 0 unspecified atom stereocenters. The molecule has 1 aromatic heterocycles. The number of benzene rings is 4. The van der Waals surface area contributed by atoms with Gasteiger partial charge in [0.25, 0.3) is 0 Å². The monoisotopic (exact) mass is 546 g/mol. The highest BCUT2D eigenvalue weighted by Gasteiger charge is 2.33. The van der Waals surface area contributed by atoms with E-state index < -0.39 is 11.4 Å². The molecule has 0 atom stereocenters. The highest BCUT2D eigenvalue weighted by molar-refractivity contribution is 6.04. The second kappa shape index (κ2) is 11.7. The van der Waals surface area contributed by atoms with E-state index >= 15 is 0 Å². The summed E-state index contributed by atoms with van der Waals surface area (Å²) in [5.41, 5.74) is 5.52. The van der Waals surface area contributed by atoms with Crippen LogP contribution in [0.15, 0.2) is 97.1 Å². The number of fused-ring (bicyclic) bond motifs is 1. The molecule has 0 saturated heterocycles. The molecule has 6 heteroatoms. The van der Waals surface area contributed by atoms with Crippen molar-refractivity contribution in [1.29, 1.82) is 5.26 Å². The summed E-state index contributed by atoms with van der Waals surface area (Å²) in [5, 5.41) is 10.4. The van der Waals surface area contributed by atoms with Crippen molar-refractivity contribution in [3.63, 3.8) is 0 Å². The molecular formula is C35H31FN2O3. The third-order valence-electron chi connectivity index (χ3n) is 7.38. The van der Waals surface area contributed by atoms with Crippen LogP contribution in [0.2, 0.25) is 0 Å². The Balaban J connectivity index is 1.82. The first-order chi connectivity index (χ1) is 19.8. The van der Waals surface area contributed by atoms with Crippen LogP contribution in [0, 0.1) is 17.1 Å². The fourth-order valence-electron chi connectivity index (χ4n) is 5.32. The number of aromatic nitrogens is 1. The molecule has 0 aliphatic carbocycles. The summed E-state index contributed by atoms with van der Waals surface area (Å²) in [5.74, 6) is -0.0238. The summed E-state index contributed by atoms with van der Waals surface area (Å²) in [6.45, 7) is 4.63. The molecule has 4 aromatic carbocycles. The predicted octanol–water partition coefficient (Wildman–Crippen LogP) is 8.38. The van der Waals surface area contributed by atoms with Gasteiger partial charge in [0.1, 0.15) is 18.2 Å². The van der Waals surface area contributed by atoms with Gasteiger partial charge in [-0.3, -0.25) is 0 Å². The topological polar surface area (TPSA) is 64.2 Å². The second-order valence-corrected chi connectivity index (χ2v) is 10.6. The fraction of sp³-hybridized carbons (Fsp3) is 0.200. The van der Waals surface area contributed by atoms with Crippen LogP contribution in [-0.4, -0.2) is 17.6 Å². The van der Waals surface area contributed by atoms with Gasteiger partial charge in [-0.2, -0.15) is 5.26 Å². The maximum Gasteiger partial charge on any atom is 0.337 e. The number of hydrogen-bond acceptors (Lipinski definition) is 4. The molecule has 0 aliphatic heterocycles. The van der Waals surface area contributed by atoms with Gasteiger partial charge in [0, 0.05) is 28.8 Å². The molecule has 0 bridgehead atoms. The van der Waals surface area contributed by atoms with E-state index in [2.05, 4.69) is 24.5 Å². The molecule has 5 nitrogen and oxygen atoms in total. The van der Waals surface area contributed by atoms with Crippen molar-refractivity contribution in [1.82, 2.24) is 4.57 Å². The largest absolute Gasteiger partial charge is 0.488 e. The van der Waals surface area contributed by atoms with E-state index in [4.69, 9.17) is 9.47 Å². The number of esters is 1. The fourth-order valence-corrected chi connectivity index (χ4v) is 5.32. The van der Waals surface area contributed by atoms with Gasteiger partial charge in [0.05, 0.1) is 29.6 Å². The first-order valence-electron chi connectivity index (χ1n) is 13.5. The van der Waals surface area contributed by atoms with Crippen LogP contribution in [0.1, 0.15) is 48.3 Å². The number of methoxy groups -OCH3 is 1. The lowest BCUT2D eigenvalue weighted by Gasteiger charge is -2.28. The van der Waals surface area contributed by atoms with Crippen molar-refractivity contribution in [2.24, 2.45) is 0 Å². The third kappa shape index (κ3) is 5.57. The van der Waals surface area contributed by atoms with Crippen molar-refractivity contribution < 1.29 is 18.7 Å². The quantitative estimate of drug-likeness (QED) is 0.174. The van der Waals surface area contributed by atoms with Gasteiger partial charge in [-0.1, -0.05) is 62.4 Å². The lowest BCUT2D eigenvalue weighted by molar-refractivity contribution is 0.0600. The number of carbonyl (C=O) groups is 1. The maximum atomic E-state index is 14.0. The predicted molar refractivity (Wildman–Crippen MR) is 159 cm³/mol. The molecule has 0 saturated carbocycles. The van der Waals surface area contributed by atoms with Crippen molar-refractivity contribution in [3.8, 4) is 28.6 Å². The first-order valence-corrected chi connectivity index (χ1v) is 13.5. The van der Waals surface area contributed by atoms with Crippen molar-refractivity contribution in [2.45, 2.75) is 38.7 Å². The minimum absolute atomic E-state index is 0.319. The number of nitrogens with zero attached hydrogens (tertiary/aromatic N) is 2. The average molecular weight is 547 g/mol. The first kappa shape index (κ1) is 27.7. The number of halogens is 1. The molecule has 0 amide bonds. The Labute approximate surface area is 239 Å². The van der Waals surface area contributed by atoms with Crippen molar-refractivity contribution >= 4 is 16.9 Å². The number of nitriles is 1.